The van der Waals surface area contributed by atoms with E-state index in [0.717, 1.165) is 0 Å². The number of H-pyrrole nitrogens is 1. The van der Waals surface area contributed by atoms with E-state index in [4.69, 9.17) is 15.2 Å². The molecule has 1 fully saturated rings. The Labute approximate surface area is 114 Å². The van der Waals surface area contributed by atoms with Crippen LogP contribution in [0, 0.1) is 6.92 Å². The van der Waals surface area contributed by atoms with Gasteiger partial charge in [0.1, 0.15) is 18.4 Å². The van der Waals surface area contributed by atoms with Crippen LogP contribution in [0.4, 0.5) is 0 Å². The van der Waals surface area contributed by atoms with Crippen LogP contribution in [0.2, 0.25) is 0 Å². The second kappa shape index (κ2) is 5.59. The molecule has 1 aliphatic heterocycles. The molecule has 0 amide bonds. The van der Waals surface area contributed by atoms with Crippen LogP contribution in [-0.2, 0) is 14.3 Å². The summed E-state index contributed by atoms with van der Waals surface area (Å²) in [6, 6.07) is 0. The molecule has 0 spiro atoms. The van der Waals surface area contributed by atoms with Gasteiger partial charge < -0.3 is 15.2 Å². The third-order valence-electron chi connectivity index (χ3n) is 3.19. The van der Waals surface area contributed by atoms with Crippen molar-refractivity contribution < 1.29 is 14.3 Å². The first-order chi connectivity index (χ1) is 9.42. The highest BCUT2D eigenvalue weighted by atomic mass is 16.6. The molecule has 0 bridgehead atoms. The smallest absolute Gasteiger partial charge is 0.330 e. The van der Waals surface area contributed by atoms with Gasteiger partial charge in [0.15, 0.2) is 0 Å². The summed E-state index contributed by atoms with van der Waals surface area (Å²) in [4.78, 5) is 36.4. The standard InChI is InChI=1S/C12H17N3O5/c1-6-5-15(12(18)14-11(6)17)10-3-8(19-7(2)16)9(4-13)20-10/h5,8-10H,3-4,13H2,1-2H3,(H,14,17,18)/t8?,9-,10-/m1/s1. The maximum Gasteiger partial charge on any atom is 0.330 e. The second-order valence-corrected chi connectivity index (χ2v) is 4.73. The van der Waals surface area contributed by atoms with Crippen LogP contribution in [0.25, 0.3) is 0 Å². The fourth-order valence-corrected chi connectivity index (χ4v) is 2.22. The Balaban J connectivity index is 2.27. The summed E-state index contributed by atoms with van der Waals surface area (Å²) in [6.45, 7) is 3.07. The largest absolute Gasteiger partial charge is 0.460 e. The molecule has 110 valence electrons. The first-order valence-corrected chi connectivity index (χ1v) is 6.27. The Morgan fingerprint density at radius 2 is 2.30 bits per heavy atom. The number of nitrogens with zero attached hydrogens (tertiary/aromatic N) is 1. The third-order valence-corrected chi connectivity index (χ3v) is 3.19. The molecule has 1 unspecified atom stereocenters. The van der Waals surface area contributed by atoms with Crippen molar-refractivity contribution in [2.45, 2.75) is 38.7 Å². The molecule has 0 aromatic carbocycles. The van der Waals surface area contributed by atoms with Crippen LogP contribution in [-0.4, -0.2) is 34.3 Å². The van der Waals surface area contributed by atoms with Crippen molar-refractivity contribution in [2.75, 3.05) is 6.54 Å². The highest BCUT2D eigenvalue weighted by Gasteiger charge is 2.38. The van der Waals surface area contributed by atoms with E-state index in [1.807, 2.05) is 0 Å². The molecule has 1 aromatic rings. The highest BCUT2D eigenvalue weighted by Crippen LogP contribution is 2.29. The number of carbonyl (C=O) groups is 1. The second-order valence-electron chi connectivity index (χ2n) is 4.73. The molecule has 1 aliphatic rings. The number of esters is 1. The van der Waals surface area contributed by atoms with Crippen molar-refractivity contribution in [3.05, 3.63) is 32.6 Å². The lowest BCUT2D eigenvalue weighted by Crippen LogP contribution is -2.34. The van der Waals surface area contributed by atoms with Gasteiger partial charge in [-0.15, -0.1) is 0 Å². The van der Waals surface area contributed by atoms with E-state index in [0.29, 0.717) is 12.0 Å². The average Bonchev–Trinajstić information content (AvgIpc) is 2.75. The lowest BCUT2D eigenvalue weighted by atomic mass is 10.2. The molecule has 1 aromatic heterocycles. The summed E-state index contributed by atoms with van der Waals surface area (Å²) in [5.41, 5.74) is 4.97. The molecule has 20 heavy (non-hydrogen) atoms. The molecule has 3 N–H and O–H groups in total. The molecule has 1 saturated heterocycles. The van der Waals surface area contributed by atoms with Gasteiger partial charge in [-0.3, -0.25) is 19.1 Å². The van der Waals surface area contributed by atoms with E-state index in [2.05, 4.69) is 4.98 Å². The van der Waals surface area contributed by atoms with Crippen LogP contribution < -0.4 is 17.0 Å². The highest BCUT2D eigenvalue weighted by molar-refractivity contribution is 5.66. The summed E-state index contributed by atoms with van der Waals surface area (Å²) in [7, 11) is 0. The van der Waals surface area contributed by atoms with Crippen molar-refractivity contribution in [1.29, 1.82) is 0 Å². The van der Waals surface area contributed by atoms with Crippen molar-refractivity contribution in [2.24, 2.45) is 5.73 Å². The number of aromatic nitrogens is 2. The minimum Gasteiger partial charge on any atom is -0.460 e. The minimum atomic E-state index is -0.615. The van der Waals surface area contributed by atoms with Gasteiger partial charge in [0.05, 0.1) is 0 Å². The van der Waals surface area contributed by atoms with Gasteiger partial charge in [-0.2, -0.15) is 0 Å². The van der Waals surface area contributed by atoms with Gasteiger partial charge in [-0.05, 0) is 6.92 Å². The monoisotopic (exact) mass is 283 g/mol. The Bertz CT molecular complexity index is 620. The van der Waals surface area contributed by atoms with Crippen LogP contribution in [0.5, 0.6) is 0 Å². The zero-order chi connectivity index (χ0) is 14.9. The maximum atomic E-state index is 11.8. The summed E-state index contributed by atoms with van der Waals surface area (Å²) < 4.78 is 12.0. The fraction of sp³-hybridized carbons (Fsp3) is 0.583. The molecule has 0 saturated carbocycles. The summed E-state index contributed by atoms with van der Waals surface area (Å²) >= 11 is 0. The van der Waals surface area contributed by atoms with Gasteiger partial charge >= 0.3 is 11.7 Å². The predicted octanol–water partition coefficient (Wildman–Crippen LogP) is -0.977. The molecule has 8 nitrogen and oxygen atoms in total. The van der Waals surface area contributed by atoms with Gasteiger partial charge in [0, 0.05) is 31.6 Å². The molecule has 0 aliphatic carbocycles. The summed E-state index contributed by atoms with van der Waals surface area (Å²) in [6.07, 6.45) is 0.156. The van der Waals surface area contributed by atoms with E-state index < -0.39 is 35.7 Å². The molecule has 0 radical (unpaired) electrons. The van der Waals surface area contributed by atoms with E-state index in [-0.39, 0.29) is 6.54 Å². The quantitative estimate of drug-likeness (QED) is 0.689. The van der Waals surface area contributed by atoms with E-state index >= 15 is 0 Å². The van der Waals surface area contributed by atoms with Crippen LogP contribution in [0.1, 0.15) is 25.1 Å². The number of rotatable bonds is 3. The number of nitrogens with two attached hydrogens (primary N) is 1. The maximum absolute atomic E-state index is 11.8. The van der Waals surface area contributed by atoms with Crippen molar-refractivity contribution in [3.63, 3.8) is 0 Å². The van der Waals surface area contributed by atoms with Gasteiger partial charge in [0.25, 0.3) is 5.56 Å². The zero-order valence-corrected chi connectivity index (χ0v) is 11.3. The van der Waals surface area contributed by atoms with Crippen LogP contribution >= 0.6 is 0 Å². The Kier molecular flexibility index (Phi) is 4.05. The minimum absolute atomic E-state index is 0.172. The Hall–Kier alpha value is -1.93. The van der Waals surface area contributed by atoms with Crippen LogP contribution in [0.3, 0.4) is 0 Å². The number of hydrogen-bond donors (Lipinski definition) is 2. The normalized spacial score (nSPS) is 25.6. The van der Waals surface area contributed by atoms with Gasteiger partial charge in [-0.25, -0.2) is 4.79 Å². The van der Waals surface area contributed by atoms with Crippen molar-refractivity contribution >= 4 is 5.97 Å². The summed E-state index contributed by atoms with van der Waals surface area (Å²) in [5, 5.41) is 0. The molecule has 3 atom stereocenters. The first-order valence-electron chi connectivity index (χ1n) is 6.27. The SMILES string of the molecule is CC(=O)OC1C[C@H](n2cc(C)c(=O)[nH]c2=O)O[C@@H]1CN. The van der Waals surface area contributed by atoms with E-state index in [1.54, 1.807) is 6.92 Å². The van der Waals surface area contributed by atoms with E-state index in [9.17, 15) is 14.4 Å². The number of aromatic amines is 1. The average molecular weight is 283 g/mol. The number of aryl methyl sites for hydroxylation is 1. The number of ether oxygens (including phenoxy) is 2. The lowest BCUT2D eigenvalue weighted by Gasteiger charge is -2.15. The van der Waals surface area contributed by atoms with Gasteiger partial charge in [-0.1, -0.05) is 0 Å². The van der Waals surface area contributed by atoms with Crippen molar-refractivity contribution in [3.8, 4) is 0 Å². The number of hydrogen-bond acceptors (Lipinski definition) is 6. The van der Waals surface area contributed by atoms with Crippen molar-refractivity contribution in [1.82, 2.24) is 9.55 Å². The molecule has 8 heteroatoms. The Morgan fingerprint density at radius 3 is 2.90 bits per heavy atom. The molecular weight excluding hydrogens is 266 g/mol. The first kappa shape index (κ1) is 14.5. The number of carbonyl (C=O) groups excluding carboxylic acids is 1. The van der Waals surface area contributed by atoms with E-state index in [1.165, 1.54) is 17.7 Å². The number of nitrogens with one attached hydrogen (secondary N) is 1. The lowest BCUT2D eigenvalue weighted by molar-refractivity contribution is -0.148. The predicted molar refractivity (Wildman–Crippen MR) is 69.2 cm³/mol. The van der Waals surface area contributed by atoms with Crippen LogP contribution in [0.15, 0.2) is 15.8 Å². The third kappa shape index (κ3) is 2.81. The summed E-state index contributed by atoms with van der Waals surface area (Å²) in [5.74, 6) is -0.428. The topological polar surface area (TPSA) is 116 Å². The van der Waals surface area contributed by atoms with Gasteiger partial charge in [0.2, 0.25) is 0 Å². The fourth-order valence-electron chi connectivity index (χ4n) is 2.22. The zero-order valence-electron chi connectivity index (χ0n) is 11.3. The molecule has 2 heterocycles. The molecular formula is C12H17N3O5. The Morgan fingerprint density at radius 1 is 1.60 bits per heavy atom. The molecule has 2 rings (SSSR count).